The van der Waals surface area contributed by atoms with E-state index in [1.54, 1.807) is 17.1 Å². The van der Waals surface area contributed by atoms with Crippen molar-refractivity contribution in [2.75, 3.05) is 13.1 Å². The molecule has 1 N–H and O–H groups in total. The van der Waals surface area contributed by atoms with Crippen LogP contribution in [-0.4, -0.2) is 49.1 Å². The lowest BCUT2D eigenvalue weighted by atomic mass is 9.82. The van der Waals surface area contributed by atoms with E-state index in [4.69, 9.17) is 0 Å². The normalized spacial score (nSPS) is 19.9. The predicted octanol–water partition coefficient (Wildman–Crippen LogP) is 1.78. The topological polar surface area (TPSA) is 85.1 Å². The Labute approximate surface area is 171 Å². The number of nitrogens with zero attached hydrogens (tertiary/aromatic N) is 5. The number of carbonyl (C=O) groups excluding carboxylic acids is 2. The van der Waals surface area contributed by atoms with Gasteiger partial charge in [0.15, 0.2) is 0 Å². The van der Waals surface area contributed by atoms with Gasteiger partial charge in [-0.15, -0.1) is 0 Å². The average molecular weight is 399 g/mol. The van der Waals surface area contributed by atoms with Crippen molar-refractivity contribution in [2.45, 2.75) is 58.0 Å². The molecule has 0 aliphatic carbocycles. The minimum Gasteiger partial charge on any atom is -0.346 e. The number of hydrogen-bond donors (Lipinski definition) is 1. The monoisotopic (exact) mass is 398 g/mol. The zero-order valence-corrected chi connectivity index (χ0v) is 17.7. The zero-order chi connectivity index (χ0) is 20.8. The van der Waals surface area contributed by atoms with Crippen LogP contribution in [0.25, 0.3) is 0 Å². The number of likely N-dealkylation sites (tertiary alicyclic amines) is 1. The van der Waals surface area contributed by atoms with Crippen LogP contribution in [0.1, 0.15) is 57.6 Å². The van der Waals surface area contributed by atoms with Gasteiger partial charge in [0.25, 0.3) is 0 Å². The molecule has 29 heavy (non-hydrogen) atoms. The van der Waals surface area contributed by atoms with Gasteiger partial charge in [-0.3, -0.25) is 14.3 Å². The molecule has 2 aliphatic heterocycles. The summed E-state index contributed by atoms with van der Waals surface area (Å²) in [5.41, 5.74) is 0.748. The van der Waals surface area contributed by atoms with E-state index in [2.05, 4.69) is 40.7 Å². The summed E-state index contributed by atoms with van der Waals surface area (Å²) in [6, 6.07) is 1.72. The maximum Gasteiger partial charge on any atom is 0.226 e. The fourth-order valence-electron chi connectivity index (χ4n) is 4.41. The van der Waals surface area contributed by atoms with Crippen molar-refractivity contribution in [1.82, 2.24) is 29.5 Å². The highest BCUT2D eigenvalue weighted by Gasteiger charge is 2.53. The largest absolute Gasteiger partial charge is 0.346 e. The van der Waals surface area contributed by atoms with Crippen LogP contribution >= 0.6 is 0 Å². The first-order valence-corrected chi connectivity index (χ1v) is 10.3. The summed E-state index contributed by atoms with van der Waals surface area (Å²) in [6.07, 6.45) is 8.06. The molecule has 8 heteroatoms. The summed E-state index contributed by atoms with van der Waals surface area (Å²) < 4.78 is 3.88. The Morgan fingerprint density at radius 3 is 2.72 bits per heavy atom. The van der Waals surface area contributed by atoms with Gasteiger partial charge in [-0.25, -0.2) is 4.98 Å². The number of imidazole rings is 1. The minimum atomic E-state index is -0.150. The van der Waals surface area contributed by atoms with Crippen LogP contribution in [0.4, 0.5) is 0 Å². The van der Waals surface area contributed by atoms with Gasteiger partial charge in [0, 0.05) is 57.3 Å². The maximum atomic E-state index is 12.7. The zero-order valence-electron chi connectivity index (χ0n) is 17.7. The molecule has 0 bridgehead atoms. The highest BCUT2D eigenvalue weighted by Crippen LogP contribution is 2.45. The Kier molecular flexibility index (Phi) is 4.75. The van der Waals surface area contributed by atoms with E-state index in [1.165, 1.54) is 0 Å². The number of nitrogens with one attached hydrogen (secondary N) is 1. The van der Waals surface area contributed by atoms with Crippen LogP contribution in [-0.2, 0) is 28.6 Å². The van der Waals surface area contributed by atoms with E-state index in [0.717, 1.165) is 24.4 Å². The van der Waals surface area contributed by atoms with Crippen LogP contribution in [0.15, 0.2) is 24.7 Å². The Hall–Kier alpha value is -2.64. The molecule has 1 saturated heterocycles. The SMILES string of the molecule is CCC(C)(C)CC(=O)N1CC2(CC(NC(=O)Cc3ccnn3C)c3nccn32)C1. The Morgan fingerprint density at radius 1 is 1.31 bits per heavy atom. The molecule has 1 spiro atoms. The average Bonchev–Trinajstić information content (AvgIpc) is 3.31. The molecule has 2 amide bonds. The van der Waals surface area contributed by atoms with E-state index in [0.29, 0.717) is 19.5 Å². The third-order valence-corrected chi connectivity index (χ3v) is 6.59. The van der Waals surface area contributed by atoms with Crippen molar-refractivity contribution in [1.29, 1.82) is 0 Å². The van der Waals surface area contributed by atoms with Crippen LogP contribution in [0.3, 0.4) is 0 Å². The Bertz CT molecular complexity index is 921. The van der Waals surface area contributed by atoms with E-state index in [9.17, 15) is 9.59 Å². The number of aromatic nitrogens is 4. The molecular formula is C21H30N6O2. The maximum absolute atomic E-state index is 12.7. The van der Waals surface area contributed by atoms with Gasteiger partial charge in [0.05, 0.1) is 18.0 Å². The molecule has 0 aromatic carbocycles. The third-order valence-electron chi connectivity index (χ3n) is 6.59. The summed E-state index contributed by atoms with van der Waals surface area (Å²) in [6.45, 7) is 7.76. The van der Waals surface area contributed by atoms with Crippen molar-refractivity contribution in [3.8, 4) is 0 Å². The number of hydrogen-bond acceptors (Lipinski definition) is 4. The van der Waals surface area contributed by atoms with Gasteiger partial charge < -0.3 is 14.8 Å². The van der Waals surface area contributed by atoms with Gasteiger partial charge in [-0.05, 0) is 11.5 Å². The first-order chi connectivity index (χ1) is 13.7. The summed E-state index contributed by atoms with van der Waals surface area (Å²) in [5, 5.41) is 7.25. The molecular weight excluding hydrogens is 368 g/mol. The summed E-state index contributed by atoms with van der Waals surface area (Å²) in [7, 11) is 1.83. The lowest BCUT2D eigenvalue weighted by Crippen LogP contribution is -2.63. The lowest BCUT2D eigenvalue weighted by Gasteiger charge is -2.49. The van der Waals surface area contributed by atoms with E-state index in [1.807, 2.05) is 24.2 Å². The molecule has 0 radical (unpaired) electrons. The predicted molar refractivity (Wildman–Crippen MR) is 108 cm³/mol. The standard InChI is InChI=1S/C21H30N6O2/c1-5-20(2,3)12-18(29)26-13-21(14-26)11-16(19-22-8-9-27(19)21)24-17(28)10-15-6-7-23-25(15)4/h6-9,16H,5,10-14H2,1-4H3,(H,24,28). The van der Waals surface area contributed by atoms with Gasteiger partial charge in [0.2, 0.25) is 11.8 Å². The summed E-state index contributed by atoms with van der Waals surface area (Å²) >= 11 is 0. The quantitative estimate of drug-likeness (QED) is 0.804. The van der Waals surface area contributed by atoms with E-state index in [-0.39, 0.29) is 35.2 Å². The molecule has 1 fully saturated rings. The van der Waals surface area contributed by atoms with Crippen molar-refractivity contribution >= 4 is 11.8 Å². The third kappa shape index (κ3) is 3.56. The van der Waals surface area contributed by atoms with E-state index >= 15 is 0 Å². The van der Waals surface area contributed by atoms with Crippen molar-refractivity contribution in [2.24, 2.45) is 12.5 Å². The summed E-state index contributed by atoms with van der Waals surface area (Å²) in [4.78, 5) is 31.7. The smallest absolute Gasteiger partial charge is 0.226 e. The van der Waals surface area contributed by atoms with Crippen molar-refractivity contribution in [3.05, 3.63) is 36.2 Å². The second-order valence-electron chi connectivity index (χ2n) is 9.27. The minimum absolute atomic E-state index is 0.0258. The molecule has 2 aromatic rings. The van der Waals surface area contributed by atoms with Gasteiger partial charge in [-0.1, -0.05) is 27.2 Å². The molecule has 8 nitrogen and oxygen atoms in total. The fourth-order valence-corrected chi connectivity index (χ4v) is 4.41. The highest BCUT2D eigenvalue weighted by molar-refractivity contribution is 5.79. The molecule has 4 heterocycles. The molecule has 2 aromatic heterocycles. The number of carbonyl (C=O) groups is 2. The fraction of sp³-hybridized carbons (Fsp3) is 0.619. The first-order valence-electron chi connectivity index (χ1n) is 10.3. The van der Waals surface area contributed by atoms with Crippen LogP contribution < -0.4 is 5.32 Å². The molecule has 2 aliphatic rings. The molecule has 0 saturated carbocycles. The van der Waals surface area contributed by atoms with Crippen LogP contribution in [0.2, 0.25) is 0 Å². The van der Waals surface area contributed by atoms with Gasteiger partial charge >= 0.3 is 0 Å². The van der Waals surface area contributed by atoms with Crippen molar-refractivity contribution < 1.29 is 9.59 Å². The summed E-state index contributed by atoms with van der Waals surface area (Å²) in [5.74, 6) is 1.05. The van der Waals surface area contributed by atoms with E-state index < -0.39 is 0 Å². The van der Waals surface area contributed by atoms with Crippen molar-refractivity contribution in [3.63, 3.8) is 0 Å². The molecule has 1 atom stereocenters. The number of aryl methyl sites for hydroxylation is 1. The van der Waals surface area contributed by atoms with Gasteiger partial charge in [-0.2, -0.15) is 5.10 Å². The number of fused-ring (bicyclic) bond motifs is 2. The highest BCUT2D eigenvalue weighted by atomic mass is 16.2. The van der Waals surface area contributed by atoms with Gasteiger partial charge in [0.1, 0.15) is 5.82 Å². The van der Waals surface area contributed by atoms with Crippen LogP contribution in [0.5, 0.6) is 0 Å². The Morgan fingerprint density at radius 2 is 2.07 bits per heavy atom. The first kappa shape index (κ1) is 19.7. The molecule has 1 unspecified atom stereocenters. The molecule has 156 valence electrons. The lowest BCUT2D eigenvalue weighted by molar-refractivity contribution is -0.144. The van der Waals surface area contributed by atoms with Crippen LogP contribution in [0, 0.1) is 5.41 Å². The second-order valence-corrected chi connectivity index (χ2v) is 9.27. The molecule has 4 rings (SSSR count). The number of amides is 2. The number of rotatable bonds is 6. The Balaban J connectivity index is 1.40. The second kappa shape index (κ2) is 7.00.